The fraction of sp³-hybridized carbons (Fsp3) is 0.350. The smallest absolute Gasteiger partial charge is 0.339 e. The van der Waals surface area contributed by atoms with Crippen molar-refractivity contribution in [3.05, 3.63) is 51.4 Å². The van der Waals surface area contributed by atoms with Crippen molar-refractivity contribution in [1.82, 2.24) is 0 Å². The molecule has 26 heavy (non-hydrogen) atoms. The van der Waals surface area contributed by atoms with E-state index in [4.69, 9.17) is 4.74 Å². The van der Waals surface area contributed by atoms with Gasteiger partial charge in [0, 0.05) is 10.4 Å². The van der Waals surface area contributed by atoms with Crippen molar-refractivity contribution in [2.75, 3.05) is 5.32 Å². The fourth-order valence-corrected chi connectivity index (χ4v) is 5.05. The zero-order valence-electron chi connectivity index (χ0n) is 14.4. The zero-order valence-corrected chi connectivity index (χ0v) is 15.2. The van der Waals surface area contributed by atoms with E-state index in [1.165, 1.54) is 16.2 Å². The molecule has 0 saturated carbocycles. The molecule has 1 aromatic carbocycles. The van der Waals surface area contributed by atoms with Gasteiger partial charge in [-0.2, -0.15) is 5.26 Å². The van der Waals surface area contributed by atoms with Crippen LogP contribution in [0, 0.1) is 17.2 Å². The minimum Gasteiger partial charge on any atom is -0.453 e. The van der Waals surface area contributed by atoms with Gasteiger partial charge in [0.15, 0.2) is 0 Å². The number of hydrogen-bond donors (Lipinski definition) is 1. The molecule has 0 bridgehead atoms. The summed E-state index contributed by atoms with van der Waals surface area (Å²) in [5.74, 6) is -0.0371. The van der Waals surface area contributed by atoms with E-state index < -0.39 is 12.1 Å². The van der Waals surface area contributed by atoms with Gasteiger partial charge in [0.25, 0.3) is 0 Å². The Bertz CT molecular complexity index is 941. The predicted octanol–water partition coefficient (Wildman–Crippen LogP) is 3.98. The van der Waals surface area contributed by atoms with Crippen LogP contribution in [0.1, 0.15) is 57.8 Å². The molecule has 2 aromatic rings. The number of anilines is 1. The Balaban J connectivity index is 1.52. The Morgan fingerprint density at radius 3 is 3.04 bits per heavy atom. The summed E-state index contributed by atoms with van der Waals surface area (Å²) in [6.45, 7) is 2.21. The third-order valence-electron chi connectivity index (χ3n) is 5.02. The van der Waals surface area contributed by atoms with Crippen LogP contribution < -0.4 is 5.32 Å². The number of fused-ring (bicyclic) bond motifs is 2. The molecule has 0 fully saturated rings. The van der Waals surface area contributed by atoms with E-state index in [0.717, 1.165) is 30.4 Å². The number of cyclic esters (lactones) is 1. The van der Waals surface area contributed by atoms with Crippen LogP contribution in [0.4, 0.5) is 5.00 Å². The van der Waals surface area contributed by atoms with Crippen LogP contribution in [0.3, 0.4) is 0 Å². The highest BCUT2D eigenvalue weighted by molar-refractivity contribution is 7.16. The quantitative estimate of drug-likeness (QED) is 0.833. The molecule has 1 aliphatic carbocycles. The van der Waals surface area contributed by atoms with E-state index in [1.807, 2.05) is 12.1 Å². The molecule has 132 valence electrons. The van der Waals surface area contributed by atoms with Crippen molar-refractivity contribution in [3.8, 4) is 6.07 Å². The summed E-state index contributed by atoms with van der Waals surface area (Å²) in [7, 11) is 0. The summed E-state index contributed by atoms with van der Waals surface area (Å²) in [5.41, 5.74) is 2.94. The zero-order chi connectivity index (χ0) is 18.3. The van der Waals surface area contributed by atoms with Crippen LogP contribution >= 0.6 is 11.3 Å². The third-order valence-corrected chi connectivity index (χ3v) is 6.19. The number of hydrogen-bond acceptors (Lipinski definition) is 5. The molecule has 4 rings (SSSR count). The number of esters is 1. The second-order valence-corrected chi connectivity index (χ2v) is 8.01. The third kappa shape index (κ3) is 2.89. The first-order chi connectivity index (χ1) is 12.6. The van der Waals surface area contributed by atoms with Gasteiger partial charge in [-0.25, -0.2) is 4.79 Å². The normalized spacial score (nSPS) is 20.7. The number of nitrogens with zero attached hydrogens (tertiary/aromatic N) is 1. The van der Waals surface area contributed by atoms with Crippen LogP contribution in [0.25, 0.3) is 0 Å². The molecule has 0 saturated heterocycles. The Kier molecular flexibility index (Phi) is 4.25. The Labute approximate surface area is 155 Å². The molecule has 2 aliphatic rings. The van der Waals surface area contributed by atoms with Crippen LogP contribution in [0.15, 0.2) is 24.3 Å². The monoisotopic (exact) mass is 366 g/mol. The number of nitriles is 1. The molecular formula is C20H18N2O3S. The van der Waals surface area contributed by atoms with Crippen molar-refractivity contribution in [1.29, 1.82) is 5.26 Å². The predicted molar refractivity (Wildman–Crippen MR) is 98.1 cm³/mol. The number of ether oxygens (including phenoxy) is 1. The minimum atomic E-state index is -0.571. The van der Waals surface area contributed by atoms with Crippen LogP contribution in [-0.4, -0.2) is 11.9 Å². The summed E-state index contributed by atoms with van der Waals surface area (Å²) >= 11 is 1.50. The summed E-state index contributed by atoms with van der Waals surface area (Å²) in [4.78, 5) is 25.6. The Morgan fingerprint density at radius 2 is 2.23 bits per heavy atom. The number of thiophene rings is 1. The van der Waals surface area contributed by atoms with Gasteiger partial charge in [-0.05, 0) is 36.8 Å². The SMILES string of the molecule is C[C@@H]1CCc2c(sc(NC(=O)C[C@H]3OC(=O)c4ccccc43)c2C#N)C1. The van der Waals surface area contributed by atoms with Crippen molar-refractivity contribution in [3.63, 3.8) is 0 Å². The van der Waals surface area contributed by atoms with Crippen LogP contribution in [-0.2, 0) is 22.4 Å². The number of amides is 1. The topological polar surface area (TPSA) is 79.2 Å². The van der Waals surface area contributed by atoms with Crippen molar-refractivity contribution in [2.45, 2.75) is 38.7 Å². The highest BCUT2D eigenvalue weighted by atomic mass is 32.1. The van der Waals surface area contributed by atoms with E-state index in [-0.39, 0.29) is 12.3 Å². The van der Waals surface area contributed by atoms with Gasteiger partial charge < -0.3 is 10.1 Å². The molecule has 5 nitrogen and oxygen atoms in total. The van der Waals surface area contributed by atoms with E-state index >= 15 is 0 Å². The molecule has 1 amide bonds. The lowest BCUT2D eigenvalue weighted by molar-refractivity contribution is -0.118. The maximum Gasteiger partial charge on any atom is 0.339 e. The molecule has 1 aliphatic heterocycles. The van der Waals surface area contributed by atoms with E-state index in [2.05, 4.69) is 18.3 Å². The summed E-state index contributed by atoms with van der Waals surface area (Å²) in [5, 5.41) is 13.0. The lowest BCUT2D eigenvalue weighted by Crippen LogP contribution is -2.15. The number of rotatable bonds is 3. The van der Waals surface area contributed by atoms with Gasteiger partial charge in [-0.15, -0.1) is 11.3 Å². The van der Waals surface area contributed by atoms with Crippen LogP contribution in [0.5, 0.6) is 0 Å². The molecule has 2 atom stereocenters. The maximum absolute atomic E-state index is 12.5. The Morgan fingerprint density at radius 1 is 1.42 bits per heavy atom. The van der Waals surface area contributed by atoms with Gasteiger partial charge in [0.2, 0.25) is 5.91 Å². The molecule has 0 spiro atoms. The minimum absolute atomic E-state index is 0.0482. The summed E-state index contributed by atoms with van der Waals surface area (Å²) in [6.07, 6.45) is 2.39. The maximum atomic E-state index is 12.5. The second kappa shape index (κ2) is 6.58. The first-order valence-corrected chi connectivity index (χ1v) is 9.53. The van der Waals surface area contributed by atoms with Gasteiger partial charge in [0.1, 0.15) is 17.2 Å². The number of benzene rings is 1. The lowest BCUT2D eigenvalue weighted by Gasteiger charge is -2.17. The molecule has 0 radical (unpaired) electrons. The molecule has 1 aromatic heterocycles. The second-order valence-electron chi connectivity index (χ2n) is 6.90. The largest absolute Gasteiger partial charge is 0.453 e. The molecule has 6 heteroatoms. The summed E-state index contributed by atoms with van der Waals surface area (Å²) in [6, 6.07) is 9.37. The highest BCUT2D eigenvalue weighted by Crippen LogP contribution is 2.40. The standard InChI is InChI=1S/C20H18N2O3S/c1-11-6-7-13-15(10-21)19(26-17(13)8-11)22-18(23)9-16-12-4-2-3-5-14(12)20(24)25-16/h2-5,11,16H,6-9H2,1H3,(H,22,23)/t11-,16-/m1/s1. The fourth-order valence-electron chi connectivity index (χ4n) is 3.67. The van der Waals surface area contributed by atoms with Gasteiger partial charge in [0.05, 0.1) is 17.5 Å². The first-order valence-electron chi connectivity index (χ1n) is 8.71. The van der Waals surface area contributed by atoms with E-state index in [0.29, 0.717) is 22.0 Å². The van der Waals surface area contributed by atoms with Crippen molar-refractivity contribution in [2.24, 2.45) is 5.92 Å². The lowest BCUT2D eigenvalue weighted by atomic mass is 9.88. The average Bonchev–Trinajstić information content (AvgIpc) is 3.12. The summed E-state index contributed by atoms with van der Waals surface area (Å²) < 4.78 is 5.33. The van der Waals surface area contributed by atoms with E-state index in [9.17, 15) is 14.9 Å². The molecule has 1 N–H and O–H groups in total. The number of nitrogens with one attached hydrogen (secondary N) is 1. The first kappa shape index (κ1) is 16.8. The van der Waals surface area contributed by atoms with Gasteiger partial charge >= 0.3 is 5.97 Å². The number of carbonyl (C=O) groups excluding carboxylic acids is 2. The van der Waals surface area contributed by atoms with Crippen molar-refractivity contribution < 1.29 is 14.3 Å². The number of carbonyl (C=O) groups is 2. The van der Waals surface area contributed by atoms with Crippen molar-refractivity contribution >= 4 is 28.2 Å². The highest BCUT2D eigenvalue weighted by Gasteiger charge is 2.32. The van der Waals surface area contributed by atoms with Crippen LogP contribution in [0.2, 0.25) is 0 Å². The van der Waals surface area contributed by atoms with Gasteiger partial charge in [-0.3, -0.25) is 4.79 Å². The van der Waals surface area contributed by atoms with E-state index in [1.54, 1.807) is 12.1 Å². The molecule has 0 unspecified atom stereocenters. The molecule has 2 heterocycles. The average molecular weight is 366 g/mol. The van der Waals surface area contributed by atoms with Gasteiger partial charge in [-0.1, -0.05) is 25.1 Å². The Hall–Kier alpha value is -2.65. The molecular weight excluding hydrogens is 348 g/mol.